The number of nitrogens with one attached hydrogen (secondary N) is 2. The van der Waals surface area contributed by atoms with E-state index in [2.05, 4.69) is 20.6 Å². The lowest BCUT2D eigenvalue weighted by Crippen LogP contribution is -2.44. The first kappa shape index (κ1) is 28.5. The normalized spacial score (nSPS) is 12.8. The molecule has 2 N–H and O–H groups in total. The van der Waals surface area contributed by atoms with Crippen LogP contribution in [0.5, 0.6) is 0 Å². The van der Waals surface area contributed by atoms with Crippen LogP contribution >= 0.6 is 0 Å². The molecule has 0 spiro atoms. The summed E-state index contributed by atoms with van der Waals surface area (Å²) in [6.07, 6.45) is 5.37. The Morgan fingerprint density at radius 2 is 1.79 bits per heavy atom. The van der Waals surface area contributed by atoms with E-state index in [1.807, 2.05) is 13.8 Å². The predicted octanol–water partition coefficient (Wildman–Crippen LogP) is 3.37. The molecule has 0 unspecified atom stereocenters. The third-order valence-corrected chi connectivity index (χ3v) is 7.17. The number of esters is 1. The largest absolute Gasteiger partial charge is 0.467 e. The van der Waals surface area contributed by atoms with Crippen LogP contribution in [0.25, 0.3) is 22.5 Å². The number of hydrogen-bond donors (Lipinski definition) is 2. The number of pyridine rings is 2. The van der Waals surface area contributed by atoms with Gasteiger partial charge >= 0.3 is 11.7 Å². The molecule has 42 heavy (non-hydrogen) atoms. The van der Waals surface area contributed by atoms with Crippen molar-refractivity contribution in [3.05, 3.63) is 88.4 Å². The van der Waals surface area contributed by atoms with E-state index in [1.54, 1.807) is 48.1 Å². The minimum absolute atomic E-state index is 0.0333. The number of carbonyl (C=O) groups is 2. The highest BCUT2D eigenvalue weighted by molar-refractivity contribution is 5.97. The lowest BCUT2D eigenvalue weighted by molar-refractivity contribution is -0.142. The molecule has 0 saturated heterocycles. The number of nitrogens with zero attached hydrogens (tertiary/aromatic N) is 5. The summed E-state index contributed by atoms with van der Waals surface area (Å²) >= 11 is 0. The summed E-state index contributed by atoms with van der Waals surface area (Å²) in [6.45, 7) is 3.78. The van der Waals surface area contributed by atoms with Gasteiger partial charge in [0.2, 0.25) is 0 Å². The maximum atomic E-state index is 14.9. The second-order valence-corrected chi connectivity index (χ2v) is 9.88. The molecular formula is C29H29F2N7O4. The van der Waals surface area contributed by atoms with Gasteiger partial charge in [0.25, 0.3) is 5.91 Å². The molecule has 1 aromatic carbocycles. The van der Waals surface area contributed by atoms with Crippen LogP contribution in [0.15, 0.2) is 59.8 Å². The highest BCUT2D eigenvalue weighted by Gasteiger charge is 2.28. The number of rotatable bonds is 9. The maximum absolute atomic E-state index is 14.9. The van der Waals surface area contributed by atoms with Crippen LogP contribution in [-0.2, 0) is 23.0 Å². The molecule has 13 heteroatoms. The summed E-state index contributed by atoms with van der Waals surface area (Å²) in [7, 11) is 2.79. The summed E-state index contributed by atoms with van der Waals surface area (Å²) in [5, 5.41) is 5.37. The van der Waals surface area contributed by atoms with Gasteiger partial charge in [-0.05, 0) is 49.7 Å². The number of carbonyl (C=O) groups excluding carboxylic acids is 2. The number of aromatic nitrogens is 5. The molecule has 4 heterocycles. The maximum Gasteiger partial charge on any atom is 0.334 e. The van der Waals surface area contributed by atoms with Crippen LogP contribution in [0, 0.1) is 11.6 Å². The fourth-order valence-electron chi connectivity index (χ4n) is 4.81. The number of amides is 1. The van der Waals surface area contributed by atoms with Gasteiger partial charge in [-0.3, -0.25) is 9.36 Å². The molecule has 0 radical (unpaired) electrons. The van der Waals surface area contributed by atoms with Gasteiger partial charge in [0, 0.05) is 49.5 Å². The number of ether oxygens (including phenoxy) is 1. The molecule has 0 fully saturated rings. The van der Waals surface area contributed by atoms with E-state index in [4.69, 9.17) is 4.74 Å². The van der Waals surface area contributed by atoms with Crippen molar-refractivity contribution in [1.82, 2.24) is 28.8 Å². The lowest BCUT2D eigenvalue weighted by atomic mass is 10.1. The highest BCUT2D eigenvalue weighted by atomic mass is 19.1. The van der Waals surface area contributed by atoms with Crippen LogP contribution in [-0.4, -0.2) is 54.6 Å². The second-order valence-electron chi connectivity index (χ2n) is 9.88. The van der Waals surface area contributed by atoms with Crippen molar-refractivity contribution in [3.63, 3.8) is 0 Å². The minimum atomic E-state index is -1.29. The average Bonchev–Trinajstić information content (AvgIpc) is 3.56. The number of anilines is 1. The van der Waals surface area contributed by atoms with Crippen molar-refractivity contribution in [1.29, 1.82) is 0 Å². The Bertz CT molecular complexity index is 1850. The number of aryl methyl sites for hydroxylation is 1. The Labute approximate surface area is 238 Å². The molecule has 0 aliphatic carbocycles. The summed E-state index contributed by atoms with van der Waals surface area (Å²) < 4.78 is 39.2. The first-order valence-corrected chi connectivity index (χ1v) is 13.3. The van der Waals surface area contributed by atoms with E-state index in [9.17, 15) is 23.2 Å². The van der Waals surface area contributed by atoms with E-state index in [-0.39, 0.29) is 23.8 Å². The predicted molar refractivity (Wildman–Crippen MR) is 152 cm³/mol. The van der Waals surface area contributed by atoms with Gasteiger partial charge in [0.05, 0.1) is 18.3 Å². The van der Waals surface area contributed by atoms with Crippen molar-refractivity contribution < 1.29 is 23.1 Å². The van der Waals surface area contributed by atoms with E-state index < -0.39 is 35.1 Å². The number of imidazole rings is 2. The van der Waals surface area contributed by atoms with Gasteiger partial charge in [0.1, 0.15) is 23.2 Å². The quantitative estimate of drug-likeness (QED) is 0.258. The fourth-order valence-corrected chi connectivity index (χ4v) is 4.81. The molecule has 5 rings (SSSR count). The first-order chi connectivity index (χ1) is 20.1. The van der Waals surface area contributed by atoms with E-state index >= 15 is 0 Å². The number of methoxy groups -OCH3 is 1. The smallest absolute Gasteiger partial charge is 0.334 e. The SMILES string of the molecule is CC[C@H](C)Nc1cc(F)c(C(=O)N[C@@H](Cc2ccc(-n3c(=O)n(C)c4cccnc43)c3nccn23)C(=O)OC)c(F)c1. The molecule has 5 aromatic rings. The number of hydrogen-bond acceptors (Lipinski definition) is 7. The Kier molecular flexibility index (Phi) is 7.74. The topological polar surface area (TPSA) is 125 Å². The van der Waals surface area contributed by atoms with Gasteiger partial charge in [-0.25, -0.2) is 32.9 Å². The van der Waals surface area contributed by atoms with Crippen molar-refractivity contribution >= 4 is 34.4 Å². The van der Waals surface area contributed by atoms with Gasteiger partial charge in [-0.2, -0.15) is 0 Å². The Hall–Kier alpha value is -5.07. The lowest BCUT2D eigenvalue weighted by Gasteiger charge is -2.19. The Morgan fingerprint density at radius 1 is 1.07 bits per heavy atom. The molecule has 2 atom stereocenters. The summed E-state index contributed by atoms with van der Waals surface area (Å²) in [5.41, 5.74) is 1.49. The van der Waals surface area contributed by atoms with E-state index in [0.717, 1.165) is 25.7 Å². The zero-order valence-electron chi connectivity index (χ0n) is 23.4. The van der Waals surface area contributed by atoms with Crippen LogP contribution < -0.4 is 16.3 Å². The van der Waals surface area contributed by atoms with E-state index in [0.29, 0.717) is 28.2 Å². The molecule has 4 aromatic heterocycles. The molecule has 0 saturated carbocycles. The van der Waals surface area contributed by atoms with E-state index in [1.165, 1.54) is 15.3 Å². The first-order valence-electron chi connectivity index (χ1n) is 13.3. The van der Waals surface area contributed by atoms with Crippen molar-refractivity contribution in [2.45, 2.75) is 38.8 Å². The molecular weight excluding hydrogens is 548 g/mol. The fraction of sp³-hybridized carbons (Fsp3) is 0.276. The molecule has 0 bridgehead atoms. The summed E-state index contributed by atoms with van der Waals surface area (Å²) in [6, 6.07) is 7.58. The Balaban J connectivity index is 1.47. The number of fused-ring (bicyclic) bond motifs is 2. The number of halogens is 2. The zero-order valence-corrected chi connectivity index (χ0v) is 23.4. The second kappa shape index (κ2) is 11.4. The average molecular weight is 578 g/mol. The van der Waals surface area contributed by atoms with Crippen LogP contribution in [0.1, 0.15) is 36.3 Å². The molecule has 11 nitrogen and oxygen atoms in total. The molecule has 0 aliphatic heterocycles. The van der Waals surface area contributed by atoms with Gasteiger partial charge in [-0.15, -0.1) is 0 Å². The van der Waals surface area contributed by atoms with Crippen molar-refractivity contribution in [2.75, 3.05) is 12.4 Å². The molecule has 218 valence electrons. The van der Waals surface area contributed by atoms with Crippen LogP contribution in [0.4, 0.5) is 14.5 Å². The summed E-state index contributed by atoms with van der Waals surface area (Å²) in [4.78, 5) is 47.6. The third-order valence-electron chi connectivity index (χ3n) is 7.17. The molecule has 0 aliphatic rings. The molecule has 1 amide bonds. The minimum Gasteiger partial charge on any atom is -0.467 e. The van der Waals surface area contributed by atoms with Crippen molar-refractivity contribution in [2.24, 2.45) is 7.05 Å². The van der Waals surface area contributed by atoms with Gasteiger partial charge in [0.15, 0.2) is 11.3 Å². The van der Waals surface area contributed by atoms with Crippen molar-refractivity contribution in [3.8, 4) is 5.69 Å². The van der Waals surface area contributed by atoms with Gasteiger partial charge < -0.3 is 19.8 Å². The Morgan fingerprint density at radius 3 is 2.48 bits per heavy atom. The summed E-state index contributed by atoms with van der Waals surface area (Å²) in [5.74, 6) is -4.07. The standard InChI is InChI=1S/C29H29F2N7O4/c1-5-16(2)34-17-13-19(30)24(20(31)14-17)27(39)35-21(28(40)42-4)15-18-8-9-23(25-33-11-12-37(18)25)38-26-22(7-6-10-32-26)36(3)29(38)41/h6-14,16,21,34H,5,15H2,1-4H3,(H,35,39)/t16-,21-/m0/s1. The van der Waals surface area contributed by atoms with Crippen LogP contribution in [0.3, 0.4) is 0 Å². The van der Waals surface area contributed by atoms with Crippen LogP contribution in [0.2, 0.25) is 0 Å². The number of benzene rings is 1. The van der Waals surface area contributed by atoms with Gasteiger partial charge in [-0.1, -0.05) is 6.92 Å². The highest BCUT2D eigenvalue weighted by Crippen LogP contribution is 2.23. The zero-order chi connectivity index (χ0) is 30.1. The monoisotopic (exact) mass is 577 g/mol. The third kappa shape index (κ3) is 5.08.